The third-order valence-corrected chi connectivity index (χ3v) is 5.34. The van der Waals surface area contributed by atoms with Crippen LogP contribution in [0.15, 0.2) is 42.6 Å². The van der Waals surface area contributed by atoms with Crippen LogP contribution in [0.2, 0.25) is 0 Å². The van der Waals surface area contributed by atoms with Crippen molar-refractivity contribution >= 4 is 23.1 Å². The van der Waals surface area contributed by atoms with Gasteiger partial charge in [-0.15, -0.1) is 0 Å². The molecule has 0 saturated heterocycles. The lowest BCUT2D eigenvalue weighted by Crippen LogP contribution is -2.08. The fraction of sp³-hybridized carbons (Fsp3) is 0.238. The summed E-state index contributed by atoms with van der Waals surface area (Å²) in [6, 6.07) is 11.2. The summed E-state index contributed by atoms with van der Waals surface area (Å²) in [7, 11) is 0. The molecule has 7 nitrogen and oxygen atoms in total. The molecule has 0 atom stereocenters. The Morgan fingerprint density at radius 2 is 1.93 bits per heavy atom. The van der Waals surface area contributed by atoms with Crippen molar-refractivity contribution in [2.75, 3.05) is 6.54 Å². The van der Waals surface area contributed by atoms with Gasteiger partial charge in [-0.25, -0.2) is 0 Å². The van der Waals surface area contributed by atoms with Gasteiger partial charge in [-0.1, -0.05) is 13.8 Å². The summed E-state index contributed by atoms with van der Waals surface area (Å²) in [4.78, 5) is 0. The summed E-state index contributed by atoms with van der Waals surface area (Å²) in [6.45, 7) is 5.28. The number of aromatic amines is 1. The number of nitrogens with zero attached hydrogens (tertiary/aromatic N) is 3. The first-order valence-corrected chi connectivity index (χ1v) is 9.84. The van der Waals surface area contributed by atoms with Gasteiger partial charge in [0, 0.05) is 36.3 Å². The van der Waals surface area contributed by atoms with E-state index in [4.69, 9.17) is 18.0 Å². The predicted octanol–water partition coefficient (Wildman–Crippen LogP) is 4.04. The normalized spacial score (nSPS) is 11.6. The van der Waals surface area contributed by atoms with Gasteiger partial charge in [0.15, 0.2) is 10.6 Å². The first-order valence-electron chi connectivity index (χ1n) is 9.43. The quantitative estimate of drug-likeness (QED) is 0.372. The second-order valence-corrected chi connectivity index (χ2v) is 7.70. The fourth-order valence-electron chi connectivity index (χ4n) is 3.61. The Morgan fingerprint density at radius 3 is 2.66 bits per heavy atom. The summed E-state index contributed by atoms with van der Waals surface area (Å²) in [5.74, 6) is 0.570. The molecule has 0 fully saturated rings. The maximum atomic E-state index is 10.5. The number of nitrogens with two attached hydrogens (primary N) is 1. The first-order chi connectivity index (χ1) is 13.9. The maximum absolute atomic E-state index is 10.5. The standard InChI is InChI=1S/C21H23N5O2S/c1-12(2)15-10-16(19(28)11-18(15)27)20-23-24-21(29)26(20)14-3-4-17-13(9-14)5-7-25(17)8-6-22/h3-5,7,9-12,27-28H,6,8,22H2,1-2H3,(H,24,29). The number of nitrogens with one attached hydrogen (secondary N) is 1. The van der Waals surface area contributed by atoms with E-state index in [-0.39, 0.29) is 17.4 Å². The van der Waals surface area contributed by atoms with E-state index in [1.807, 2.05) is 44.3 Å². The molecular formula is C21H23N5O2S. The number of hydrogen-bond donors (Lipinski definition) is 4. The van der Waals surface area contributed by atoms with Crippen molar-refractivity contribution in [2.24, 2.45) is 5.73 Å². The lowest BCUT2D eigenvalue weighted by atomic mass is 9.98. The zero-order chi connectivity index (χ0) is 20.7. The van der Waals surface area contributed by atoms with E-state index in [0.717, 1.165) is 28.7 Å². The smallest absolute Gasteiger partial charge is 0.200 e. The lowest BCUT2D eigenvalue weighted by molar-refractivity contribution is 0.444. The van der Waals surface area contributed by atoms with E-state index >= 15 is 0 Å². The van der Waals surface area contributed by atoms with E-state index in [9.17, 15) is 10.2 Å². The summed E-state index contributed by atoms with van der Waals surface area (Å²) in [6.07, 6.45) is 2.01. The number of phenols is 2. The Labute approximate surface area is 173 Å². The first kappa shape index (κ1) is 19.2. The van der Waals surface area contributed by atoms with Crippen LogP contribution >= 0.6 is 12.2 Å². The van der Waals surface area contributed by atoms with Crippen LogP contribution in [0.1, 0.15) is 25.3 Å². The minimum absolute atomic E-state index is 0.0580. The van der Waals surface area contributed by atoms with E-state index in [2.05, 4.69) is 14.8 Å². The van der Waals surface area contributed by atoms with Gasteiger partial charge in [0.05, 0.1) is 11.3 Å². The summed E-state index contributed by atoms with van der Waals surface area (Å²) < 4.78 is 4.31. The van der Waals surface area contributed by atoms with Gasteiger partial charge in [0.25, 0.3) is 0 Å². The van der Waals surface area contributed by atoms with Crippen molar-refractivity contribution in [2.45, 2.75) is 26.3 Å². The number of fused-ring (bicyclic) bond motifs is 1. The number of aromatic hydroxyl groups is 2. The van der Waals surface area contributed by atoms with Crippen molar-refractivity contribution < 1.29 is 10.2 Å². The molecule has 5 N–H and O–H groups in total. The van der Waals surface area contributed by atoms with Crippen LogP contribution < -0.4 is 5.73 Å². The minimum atomic E-state index is -0.0580. The van der Waals surface area contributed by atoms with Crippen molar-refractivity contribution in [3.8, 4) is 28.6 Å². The third kappa shape index (κ3) is 3.30. The minimum Gasteiger partial charge on any atom is -0.508 e. The SMILES string of the molecule is CC(C)c1cc(-c2n[nH]c(=S)n2-c2ccc3c(ccn3CCN)c2)c(O)cc1O. The fourth-order valence-corrected chi connectivity index (χ4v) is 3.85. The Hall–Kier alpha value is -3.10. The highest BCUT2D eigenvalue weighted by molar-refractivity contribution is 7.71. The highest BCUT2D eigenvalue weighted by Gasteiger charge is 2.19. The van der Waals surface area contributed by atoms with Crippen molar-refractivity contribution in [3.05, 3.63) is 52.9 Å². The van der Waals surface area contributed by atoms with E-state index in [1.165, 1.54) is 6.07 Å². The molecule has 0 radical (unpaired) electrons. The van der Waals surface area contributed by atoms with E-state index < -0.39 is 0 Å². The second-order valence-electron chi connectivity index (χ2n) is 7.31. The summed E-state index contributed by atoms with van der Waals surface area (Å²) in [5, 5.41) is 28.9. The Morgan fingerprint density at radius 1 is 1.14 bits per heavy atom. The second kappa shape index (κ2) is 7.38. The van der Waals surface area contributed by atoms with Gasteiger partial charge < -0.3 is 20.5 Å². The predicted molar refractivity (Wildman–Crippen MR) is 116 cm³/mol. The van der Waals surface area contributed by atoms with Crippen LogP contribution in [-0.2, 0) is 6.54 Å². The van der Waals surface area contributed by atoms with Crippen molar-refractivity contribution in [1.82, 2.24) is 19.3 Å². The van der Waals surface area contributed by atoms with Crippen LogP contribution in [0, 0.1) is 4.77 Å². The molecule has 0 aliphatic rings. The molecule has 0 aliphatic heterocycles. The molecule has 150 valence electrons. The molecule has 2 aromatic heterocycles. The Bertz CT molecular complexity index is 1250. The molecule has 2 aromatic carbocycles. The van der Waals surface area contributed by atoms with Crippen LogP contribution in [0.25, 0.3) is 28.0 Å². The van der Waals surface area contributed by atoms with Gasteiger partial charge in [0.2, 0.25) is 0 Å². The average molecular weight is 410 g/mol. The maximum Gasteiger partial charge on any atom is 0.200 e. The molecule has 0 saturated carbocycles. The number of aromatic nitrogens is 4. The number of H-pyrrole nitrogens is 1. The van der Waals surface area contributed by atoms with Gasteiger partial charge >= 0.3 is 0 Å². The third-order valence-electron chi connectivity index (χ3n) is 5.06. The van der Waals surface area contributed by atoms with Crippen LogP contribution in [0.5, 0.6) is 11.5 Å². The topological polar surface area (TPSA) is 105 Å². The highest BCUT2D eigenvalue weighted by atomic mass is 32.1. The highest BCUT2D eigenvalue weighted by Crippen LogP contribution is 2.38. The zero-order valence-electron chi connectivity index (χ0n) is 16.3. The molecule has 0 bridgehead atoms. The average Bonchev–Trinajstić information content (AvgIpc) is 3.25. The number of benzene rings is 2. The molecule has 0 unspecified atom stereocenters. The lowest BCUT2D eigenvalue weighted by Gasteiger charge is -2.13. The molecule has 8 heteroatoms. The Kier molecular flexibility index (Phi) is 4.89. The summed E-state index contributed by atoms with van der Waals surface area (Å²) in [5.41, 5.74) is 8.83. The van der Waals surface area contributed by atoms with Crippen LogP contribution in [0.3, 0.4) is 0 Å². The van der Waals surface area contributed by atoms with Crippen molar-refractivity contribution in [1.29, 1.82) is 0 Å². The number of rotatable bonds is 5. The van der Waals surface area contributed by atoms with E-state index in [1.54, 1.807) is 10.6 Å². The Balaban J connectivity index is 1.89. The zero-order valence-corrected chi connectivity index (χ0v) is 17.1. The van der Waals surface area contributed by atoms with Gasteiger partial charge in [-0.3, -0.25) is 9.67 Å². The molecule has 4 aromatic rings. The molecule has 0 aliphatic carbocycles. The van der Waals surface area contributed by atoms with Crippen LogP contribution in [-0.4, -0.2) is 36.1 Å². The molecule has 29 heavy (non-hydrogen) atoms. The molecule has 0 amide bonds. The molecule has 2 heterocycles. The summed E-state index contributed by atoms with van der Waals surface area (Å²) >= 11 is 5.47. The molecule has 4 rings (SSSR count). The molecular weight excluding hydrogens is 386 g/mol. The largest absolute Gasteiger partial charge is 0.508 e. The van der Waals surface area contributed by atoms with Gasteiger partial charge in [-0.05, 0) is 54.0 Å². The van der Waals surface area contributed by atoms with Crippen molar-refractivity contribution in [3.63, 3.8) is 0 Å². The number of phenolic OH excluding ortho intramolecular Hbond substituents is 2. The number of hydrogen-bond acceptors (Lipinski definition) is 5. The van der Waals surface area contributed by atoms with Gasteiger partial charge in [-0.2, -0.15) is 5.10 Å². The van der Waals surface area contributed by atoms with Crippen LogP contribution in [0.4, 0.5) is 0 Å². The monoisotopic (exact) mass is 409 g/mol. The molecule has 0 spiro atoms. The van der Waals surface area contributed by atoms with E-state index in [0.29, 0.717) is 22.7 Å². The van der Waals surface area contributed by atoms with Gasteiger partial charge in [0.1, 0.15) is 11.5 Å².